The quantitative estimate of drug-likeness (QED) is 0.850. The molecule has 1 fully saturated rings. The largest absolute Gasteiger partial charge is 0.359 e. The van der Waals surface area contributed by atoms with Gasteiger partial charge in [-0.15, -0.1) is 0 Å². The number of piperidine rings is 1. The first-order valence-corrected chi connectivity index (χ1v) is 9.73. The monoisotopic (exact) mass is 373 g/mol. The van der Waals surface area contributed by atoms with E-state index in [0.717, 1.165) is 53.8 Å². The normalized spacial score (nSPS) is 20.2. The third kappa shape index (κ3) is 3.05. The Morgan fingerprint density at radius 3 is 2.89 bits per heavy atom. The van der Waals surface area contributed by atoms with Gasteiger partial charge in [-0.2, -0.15) is 5.10 Å². The fourth-order valence-corrected chi connectivity index (χ4v) is 4.10. The van der Waals surface area contributed by atoms with Crippen molar-refractivity contribution in [1.82, 2.24) is 25.3 Å². The molecule has 6 nitrogen and oxygen atoms in total. The first-order chi connectivity index (χ1) is 13.7. The van der Waals surface area contributed by atoms with Gasteiger partial charge in [0.05, 0.1) is 16.9 Å². The Morgan fingerprint density at radius 1 is 1.18 bits per heavy atom. The van der Waals surface area contributed by atoms with Crippen LogP contribution in [0.2, 0.25) is 0 Å². The molecule has 2 N–H and O–H groups in total. The van der Waals surface area contributed by atoms with Crippen molar-refractivity contribution < 1.29 is 4.79 Å². The molecule has 1 saturated heterocycles. The number of aromatic nitrogens is 2. The summed E-state index contributed by atoms with van der Waals surface area (Å²) in [6, 6.07) is 6.04. The zero-order valence-electron chi connectivity index (χ0n) is 15.9. The maximum Gasteiger partial charge on any atom is 0.257 e. The molecular formula is C22H23N5O. The van der Waals surface area contributed by atoms with Gasteiger partial charge in [0.2, 0.25) is 0 Å². The molecule has 3 aliphatic rings. The van der Waals surface area contributed by atoms with Crippen LogP contribution >= 0.6 is 0 Å². The number of nitrogens with zero attached hydrogens (tertiary/aromatic N) is 3. The van der Waals surface area contributed by atoms with Crippen molar-refractivity contribution in [2.45, 2.75) is 12.8 Å². The molecule has 1 aromatic carbocycles. The molecule has 0 unspecified atom stereocenters. The van der Waals surface area contributed by atoms with Crippen molar-refractivity contribution in [1.29, 1.82) is 0 Å². The second kappa shape index (κ2) is 6.80. The number of allylic oxidation sites excluding steroid dienone is 3. The van der Waals surface area contributed by atoms with E-state index >= 15 is 0 Å². The Bertz CT molecular complexity index is 1070. The molecule has 5 rings (SSSR count). The van der Waals surface area contributed by atoms with Crippen LogP contribution in [-0.4, -0.2) is 33.7 Å². The molecule has 28 heavy (non-hydrogen) atoms. The second-order valence-electron chi connectivity index (χ2n) is 7.54. The third-order valence-corrected chi connectivity index (χ3v) is 5.62. The summed E-state index contributed by atoms with van der Waals surface area (Å²) in [6.45, 7) is 2.07. The van der Waals surface area contributed by atoms with Crippen molar-refractivity contribution in [2.75, 3.05) is 13.1 Å². The molecule has 0 spiro atoms. The number of fused-ring (bicyclic) bond motifs is 2. The standard InChI is InChI=1S/C22H23N5O/c1-26-13-18-10-16(3-5-20(18)25-26)21-11-22(28)27-14-17(2-4-19(27)12-24-21)15-6-8-23-9-7-15/h2-5,10-15,23-24H,6-9H2,1H3. The molecule has 1 aromatic heterocycles. The van der Waals surface area contributed by atoms with E-state index in [1.54, 1.807) is 15.7 Å². The lowest BCUT2D eigenvalue weighted by Gasteiger charge is -2.28. The lowest BCUT2D eigenvalue weighted by molar-refractivity contribution is -0.121. The molecule has 0 saturated carbocycles. The summed E-state index contributed by atoms with van der Waals surface area (Å²) in [7, 11) is 1.91. The number of carbonyl (C=O) groups excluding carboxylic acids is 1. The predicted octanol–water partition coefficient (Wildman–Crippen LogP) is 2.64. The molecule has 142 valence electrons. The summed E-state index contributed by atoms with van der Waals surface area (Å²) in [6.07, 6.45) is 14.0. The fourth-order valence-electron chi connectivity index (χ4n) is 4.10. The highest BCUT2D eigenvalue weighted by atomic mass is 16.2. The number of aryl methyl sites for hydroxylation is 1. The van der Waals surface area contributed by atoms with Crippen LogP contribution in [0, 0.1) is 5.92 Å². The average molecular weight is 373 g/mol. The zero-order chi connectivity index (χ0) is 19.1. The number of rotatable bonds is 2. The van der Waals surface area contributed by atoms with E-state index in [-0.39, 0.29) is 5.91 Å². The van der Waals surface area contributed by atoms with Gasteiger partial charge in [-0.05, 0) is 61.2 Å². The molecule has 4 heterocycles. The van der Waals surface area contributed by atoms with Crippen LogP contribution in [0.5, 0.6) is 0 Å². The third-order valence-electron chi connectivity index (χ3n) is 5.62. The van der Waals surface area contributed by atoms with Crippen molar-refractivity contribution in [2.24, 2.45) is 13.0 Å². The summed E-state index contributed by atoms with van der Waals surface area (Å²) in [5.74, 6) is 0.479. The summed E-state index contributed by atoms with van der Waals surface area (Å²) in [5.41, 5.74) is 4.80. The smallest absolute Gasteiger partial charge is 0.257 e. The molecule has 2 aromatic rings. The van der Waals surface area contributed by atoms with Crippen molar-refractivity contribution in [3.8, 4) is 0 Å². The maximum absolute atomic E-state index is 13.0. The number of amides is 1. The van der Waals surface area contributed by atoms with Gasteiger partial charge in [-0.25, -0.2) is 0 Å². The molecule has 0 aliphatic carbocycles. The molecule has 3 aliphatic heterocycles. The van der Waals surface area contributed by atoms with E-state index in [4.69, 9.17) is 0 Å². The topological polar surface area (TPSA) is 62.2 Å². The number of benzene rings is 1. The van der Waals surface area contributed by atoms with Gasteiger partial charge in [0, 0.05) is 37.1 Å². The van der Waals surface area contributed by atoms with Crippen LogP contribution in [0.4, 0.5) is 0 Å². The average Bonchev–Trinajstić information content (AvgIpc) is 3.02. The first-order valence-electron chi connectivity index (χ1n) is 9.73. The molecule has 0 atom stereocenters. The van der Waals surface area contributed by atoms with Crippen LogP contribution in [0.3, 0.4) is 0 Å². The Balaban J connectivity index is 1.46. The summed E-state index contributed by atoms with van der Waals surface area (Å²) >= 11 is 0. The van der Waals surface area contributed by atoms with Gasteiger partial charge in [0.15, 0.2) is 0 Å². The van der Waals surface area contributed by atoms with Gasteiger partial charge in [0.25, 0.3) is 5.91 Å². The Morgan fingerprint density at radius 2 is 2.04 bits per heavy atom. The van der Waals surface area contributed by atoms with E-state index in [2.05, 4.69) is 27.9 Å². The first kappa shape index (κ1) is 17.0. The molecule has 6 heteroatoms. The van der Waals surface area contributed by atoms with E-state index in [1.807, 2.05) is 43.9 Å². The van der Waals surface area contributed by atoms with Crippen molar-refractivity contribution in [3.63, 3.8) is 0 Å². The number of nitrogens with one attached hydrogen (secondary N) is 2. The van der Waals surface area contributed by atoms with E-state index < -0.39 is 0 Å². The summed E-state index contributed by atoms with van der Waals surface area (Å²) in [4.78, 5) is 14.7. The van der Waals surface area contributed by atoms with Gasteiger partial charge in [-0.3, -0.25) is 14.4 Å². The molecular weight excluding hydrogens is 350 g/mol. The SMILES string of the molecule is Cn1cc2cc(C3=CC(=O)N4C=C(C5CCNCC5)C=CC4=CN3)ccc2n1. The number of carbonyl (C=O) groups is 1. The Kier molecular flexibility index (Phi) is 4.13. The number of hydrogen-bond donors (Lipinski definition) is 2. The molecule has 0 bridgehead atoms. The summed E-state index contributed by atoms with van der Waals surface area (Å²) in [5, 5.41) is 12.2. The second-order valence-corrected chi connectivity index (χ2v) is 7.54. The lowest BCUT2D eigenvalue weighted by atomic mass is 9.89. The van der Waals surface area contributed by atoms with Gasteiger partial charge in [-0.1, -0.05) is 12.1 Å². The minimum atomic E-state index is -0.0340. The highest BCUT2D eigenvalue weighted by Gasteiger charge is 2.24. The lowest BCUT2D eigenvalue weighted by Crippen LogP contribution is -2.31. The highest BCUT2D eigenvalue weighted by molar-refractivity contribution is 5.98. The van der Waals surface area contributed by atoms with E-state index in [0.29, 0.717) is 5.92 Å². The fraction of sp³-hybridized carbons (Fsp3) is 0.273. The minimum absolute atomic E-state index is 0.0340. The zero-order valence-corrected chi connectivity index (χ0v) is 15.9. The van der Waals surface area contributed by atoms with Crippen molar-refractivity contribution in [3.05, 3.63) is 71.9 Å². The molecule has 1 amide bonds. The van der Waals surface area contributed by atoms with Crippen molar-refractivity contribution >= 4 is 22.5 Å². The van der Waals surface area contributed by atoms with Gasteiger partial charge in [0.1, 0.15) is 0 Å². The Hall–Kier alpha value is -3.12. The van der Waals surface area contributed by atoms with Gasteiger partial charge >= 0.3 is 0 Å². The highest BCUT2D eigenvalue weighted by Crippen LogP contribution is 2.29. The minimum Gasteiger partial charge on any atom is -0.359 e. The van der Waals surface area contributed by atoms with Gasteiger partial charge < -0.3 is 10.6 Å². The van der Waals surface area contributed by atoms with E-state index in [9.17, 15) is 4.79 Å². The maximum atomic E-state index is 13.0. The van der Waals surface area contributed by atoms with Crippen LogP contribution in [0.15, 0.2) is 66.3 Å². The molecule has 0 radical (unpaired) electrons. The van der Waals surface area contributed by atoms with E-state index in [1.165, 1.54) is 5.57 Å². The summed E-state index contributed by atoms with van der Waals surface area (Å²) < 4.78 is 1.80. The number of hydrogen-bond acceptors (Lipinski definition) is 4. The van der Waals surface area contributed by atoms with Crippen LogP contribution in [0.1, 0.15) is 18.4 Å². The van der Waals surface area contributed by atoms with Crippen LogP contribution in [-0.2, 0) is 11.8 Å². The Labute approximate surface area is 163 Å². The van der Waals surface area contributed by atoms with Crippen LogP contribution in [0.25, 0.3) is 16.6 Å². The van der Waals surface area contributed by atoms with Crippen LogP contribution < -0.4 is 10.6 Å². The predicted molar refractivity (Wildman–Crippen MR) is 110 cm³/mol.